The number of alkyl halides is 1. The van der Waals surface area contributed by atoms with Gasteiger partial charge in [-0.1, -0.05) is 53.5 Å². The Morgan fingerprint density at radius 3 is 2.75 bits per heavy atom. The van der Waals surface area contributed by atoms with E-state index in [4.69, 9.17) is 16.3 Å². The Kier molecular flexibility index (Phi) is 6.22. The van der Waals surface area contributed by atoms with Crippen LogP contribution in [0.15, 0.2) is 18.2 Å². The molecule has 16 heavy (non-hydrogen) atoms. The number of hydrogen-bond acceptors (Lipinski definition) is 1. The lowest BCUT2D eigenvalue weighted by Crippen LogP contribution is -2.01. The highest BCUT2D eigenvalue weighted by atomic mass is 79.9. The van der Waals surface area contributed by atoms with Crippen molar-refractivity contribution in [2.75, 3.05) is 6.61 Å². The standard InChI is InChI=1S/C13H18BrClO/c1-10(2)5-4-8-16-13-11(9-14)6-3-7-12(13)15/h3,6-7,10H,4-5,8-9H2,1-2H3. The summed E-state index contributed by atoms with van der Waals surface area (Å²) < 4.78 is 5.75. The minimum absolute atomic E-state index is 0.696. The summed E-state index contributed by atoms with van der Waals surface area (Å²) in [6, 6.07) is 5.84. The molecule has 3 heteroatoms. The van der Waals surface area contributed by atoms with E-state index in [1.807, 2.05) is 18.2 Å². The van der Waals surface area contributed by atoms with Crippen LogP contribution in [-0.4, -0.2) is 6.61 Å². The van der Waals surface area contributed by atoms with Crippen molar-refractivity contribution in [2.24, 2.45) is 5.92 Å². The fraction of sp³-hybridized carbons (Fsp3) is 0.538. The normalized spacial score (nSPS) is 10.8. The zero-order chi connectivity index (χ0) is 12.0. The van der Waals surface area contributed by atoms with E-state index in [0.29, 0.717) is 5.02 Å². The van der Waals surface area contributed by atoms with Crippen molar-refractivity contribution in [3.8, 4) is 5.75 Å². The van der Waals surface area contributed by atoms with Gasteiger partial charge in [-0.25, -0.2) is 0 Å². The molecule has 0 fully saturated rings. The van der Waals surface area contributed by atoms with Crippen LogP contribution in [-0.2, 0) is 5.33 Å². The molecular weight excluding hydrogens is 287 g/mol. The molecule has 0 radical (unpaired) electrons. The molecule has 0 aliphatic rings. The van der Waals surface area contributed by atoms with Crippen molar-refractivity contribution in [1.82, 2.24) is 0 Å². The molecule has 0 amide bonds. The summed E-state index contributed by atoms with van der Waals surface area (Å²) in [4.78, 5) is 0. The van der Waals surface area contributed by atoms with E-state index in [0.717, 1.165) is 35.6 Å². The van der Waals surface area contributed by atoms with Crippen molar-refractivity contribution in [3.63, 3.8) is 0 Å². The molecule has 0 saturated carbocycles. The van der Waals surface area contributed by atoms with Crippen LogP contribution in [0.2, 0.25) is 5.02 Å². The Hall–Kier alpha value is -0.210. The van der Waals surface area contributed by atoms with E-state index in [1.165, 1.54) is 6.42 Å². The lowest BCUT2D eigenvalue weighted by atomic mass is 10.1. The predicted molar refractivity (Wildman–Crippen MR) is 73.7 cm³/mol. The lowest BCUT2D eigenvalue weighted by molar-refractivity contribution is 0.296. The Morgan fingerprint density at radius 1 is 1.38 bits per heavy atom. The number of ether oxygens (including phenoxy) is 1. The van der Waals surface area contributed by atoms with Gasteiger partial charge in [0, 0.05) is 10.9 Å². The molecular formula is C13H18BrClO. The van der Waals surface area contributed by atoms with Gasteiger partial charge in [-0.15, -0.1) is 0 Å². The number of benzene rings is 1. The molecule has 0 aliphatic heterocycles. The number of hydrogen-bond donors (Lipinski definition) is 0. The zero-order valence-corrected chi connectivity index (χ0v) is 12.1. The van der Waals surface area contributed by atoms with Gasteiger partial charge in [0.2, 0.25) is 0 Å². The third-order valence-corrected chi connectivity index (χ3v) is 3.27. The van der Waals surface area contributed by atoms with Gasteiger partial charge >= 0.3 is 0 Å². The quantitative estimate of drug-likeness (QED) is 0.528. The largest absolute Gasteiger partial charge is 0.492 e. The second-order valence-electron chi connectivity index (χ2n) is 4.25. The van der Waals surface area contributed by atoms with Gasteiger partial charge in [-0.2, -0.15) is 0 Å². The summed E-state index contributed by atoms with van der Waals surface area (Å²) in [6.45, 7) is 5.18. The van der Waals surface area contributed by atoms with E-state index in [-0.39, 0.29) is 0 Å². The molecule has 0 bridgehead atoms. The van der Waals surface area contributed by atoms with E-state index in [2.05, 4.69) is 29.8 Å². The molecule has 0 atom stereocenters. The minimum atomic E-state index is 0.696. The van der Waals surface area contributed by atoms with Gasteiger partial charge in [0.15, 0.2) is 0 Å². The van der Waals surface area contributed by atoms with Crippen LogP contribution in [0.3, 0.4) is 0 Å². The van der Waals surface area contributed by atoms with Gasteiger partial charge in [0.1, 0.15) is 5.75 Å². The van der Waals surface area contributed by atoms with Gasteiger partial charge < -0.3 is 4.74 Å². The lowest BCUT2D eigenvalue weighted by Gasteiger charge is -2.12. The molecule has 0 unspecified atom stereocenters. The van der Waals surface area contributed by atoms with Crippen LogP contribution in [0, 0.1) is 5.92 Å². The molecule has 1 rings (SSSR count). The van der Waals surface area contributed by atoms with E-state index >= 15 is 0 Å². The van der Waals surface area contributed by atoms with E-state index in [1.54, 1.807) is 0 Å². The van der Waals surface area contributed by atoms with Crippen LogP contribution < -0.4 is 4.74 Å². The maximum atomic E-state index is 6.10. The smallest absolute Gasteiger partial charge is 0.141 e. The maximum absolute atomic E-state index is 6.10. The monoisotopic (exact) mass is 304 g/mol. The highest BCUT2D eigenvalue weighted by molar-refractivity contribution is 9.08. The average molecular weight is 306 g/mol. The van der Waals surface area contributed by atoms with Crippen LogP contribution >= 0.6 is 27.5 Å². The van der Waals surface area contributed by atoms with Crippen LogP contribution in [0.5, 0.6) is 5.75 Å². The number of para-hydroxylation sites is 1. The van der Waals surface area contributed by atoms with Crippen molar-refractivity contribution < 1.29 is 4.74 Å². The minimum Gasteiger partial charge on any atom is -0.492 e. The van der Waals surface area contributed by atoms with Gasteiger partial charge in [-0.3, -0.25) is 0 Å². The second kappa shape index (κ2) is 7.18. The van der Waals surface area contributed by atoms with Gasteiger partial charge in [0.05, 0.1) is 11.6 Å². The Bertz CT molecular complexity index is 326. The first-order chi connectivity index (χ1) is 7.65. The second-order valence-corrected chi connectivity index (χ2v) is 5.21. The molecule has 0 heterocycles. The summed E-state index contributed by atoms with van der Waals surface area (Å²) >= 11 is 9.54. The molecule has 1 aromatic carbocycles. The topological polar surface area (TPSA) is 9.23 Å². The summed E-state index contributed by atoms with van der Waals surface area (Å²) in [7, 11) is 0. The Balaban J connectivity index is 2.52. The summed E-state index contributed by atoms with van der Waals surface area (Å²) in [5.74, 6) is 1.55. The van der Waals surface area contributed by atoms with Gasteiger partial charge in [-0.05, 0) is 24.8 Å². The van der Waals surface area contributed by atoms with Crippen LogP contribution in [0.4, 0.5) is 0 Å². The zero-order valence-electron chi connectivity index (χ0n) is 9.80. The van der Waals surface area contributed by atoms with Crippen LogP contribution in [0.25, 0.3) is 0 Å². The van der Waals surface area contributed by atoms with Crippen molar-refractivity contribution in [3.05, 3.63) is 28.8 Å². The predicted octanol–water partition coefficient (Wildman–Crippen LogP) is 5.05. The molecule has 0 spiro atoms. The first-order valence-corrected chi connectivity index (χ1v) is 7.11. The fourth-order valence-electron chi connectivity index (χ4n) is 1.49. The number of rotatable bonds is 6. The SMILES string of the molecule is CC(C)CCCOc1c(Cl)cccc1CBr. The third-order valence-electron chi connectivity index (χ3n) is 2.36. The first-order valence-electron chi connectivity index (χ1n) is 5.61. The Labute approximate surface area is 111 Å². The number of halogens is 2. The van der Waals surface area contributed by atoms with E-state index < -0.39 is 0 Å². The highest BCUT2D eigenvalue weighted by Gasteiger charge is 2.07. The van der Waals surface area contributed by atoms with Crippen molar-refractivity contribution in [2.45, 2.75) is 32.0 Å². The molecule has 1 nitrogen and oxygen atoms in total. The highest BCUT2D eigenvalue weighted by Crippen LogP contribution is 2.30. The summed E-state index contributed by atoms with van der Waals surface area (Å²) in [5, 5.41) is 1.47. The molecule has 0 saturated heterocycles. The van der Waals surface area contributed by atoms with Gasteiger partial charge in [0.25, 0.3) is 0 Å². The molecule has 90 valence electrons. The average Bonchev–Trinajstić information content (AvgIpc) is 2.25. The van der Waals surface area contributed by atoms with Crippen molar-refractivity contribution in [1.29, 1.82) is 0 Å². The molecule has 1 aromatic rings. The maximum Gasteiger partial charge on any atom is 0.141 e. The first kappa shape index (κ1) is 13.9. The van der Waals surface area contributed by atoms with Crippen molar-refractivity contribution >= 4 is 27.5 Å². The molecule has 0 N–H and O–H groups in total. The summed E-state index contributed by atoms with van der Waals surface area (Å²) in [5.41, 5.74) is 1.11. The summed E-state index contributed by atoms with van der Waals surface area (Å²) in [6.07, 6.45) is 2.26. The van der Waals surface area contributed by atoms with Crippen LogP contribution in [0.1, 0.15) is 32.3 Å². The Morgan fingerprint density at radius 2 is 2.12 bits per heavy atom. The third kappa shape index (κ3) is 4.34. The molecule has 0 aliphatic carbocycles. The van der Waals surface area contributed by atoms with E-state index in [9.17, 15) is 0 Å². The fourth-order valence-corrected chi connectivity index (χ4v) is 2.18. The molecule has 0 aromatic heterocycles.